The normalized spacial score (nSPS) is 10.3. The van der Waals surface area contributed by atoms with Crippen LogP contribution in [0.15, 0.2) is 0 Å². The summed E-state index contributed by atoms with van der Waals surface area (Å²) < 4.78 is 37.9. The minimum absolute atomic E-state index is 0.0258. The van der Waals surface area contributed by atoms with Crippen molar-refractivity contribution >= 4 is 10.1 Å². The van der Waals surface area contributed by atoms with E-state index in [2.05, 4.69) is 371 Å². The van der Waals surface area contributed by atoms with Crippen molar-refractivity contribution in [2.45, 2.75) is 515 Å². The van der Waals surface area contributed by atoms with Gasteiger partial charge in [-0.05, 0) is 140 Å². The fourth-order valence-corrected chi connectivity index (χ4v) is 2.34. The van der Waals surface area contributed by atoms with E-state index in [4.69, 9.17) is 9.47 Å². The van der Waals surface area contributed by atoms with Crippen molar-refractivity contribution < 1.29 is 22.1 Å². The zero-order valence-electron chi connectivity index (χ0n) is 85.2. The van der Waals surface area contributed by atoms with Gasteiger partial charge in [0.1, 0.15) is 0 Å². The molecule has 0 heterocycles. The number of unbranched alkanes of at least 4 members (excludes halogenated alkanes) is 1. The van der Waals surface area contributed by atoms with Crippen molar-refractivity contribution in [3.63, 3.8) is 0 Å². The van der Waals surface area contributed by atoms with E-state index in [0.717, 1.165) is 126 Å². The van der Waals surface area contributed by atoms with Gasteiger partial charge in [-0.15, -0.1) is 0 Å². The van der Waals surface area contributed by atoms with Gasteiger partial charge in [0, 0.05) is 19.8 Å². The van der Waals surface area contributed by atoms with E-state index < -0.39 is 10.1 Å². The second-order valence-corrected chi connectivity index (χ2v) is 36.8. The Bertz CT molecular complexity index is 996. The Balaban J connectivity index is -0.0000000483. The van der Waals surface area contributed by atoms with Gasteiger partial charge >= 0.3 is 0 Å². The lowest BCUT2D eigenvalue weighted by Crippen LogP contribution is -2.12. The van der Waals surface area contributed by atoms with Gasteiger partial charge in [-0.2, -0.15) is 8.42 Å². The fraction of sp³-hybridized carbons (Fsp3) is 1.00. The molecule has 0 aromatic carbocycles. The third-order valence-corrected chi connectivity index (χ3v) is 17.9. The van der Waals surface area contributed by atoms with Crippen molar-refractivity contribution in [2.75, 3.05) is 32.2 Å². The number of hydrogen-bond donors (Lipinski definition) is 0. The monoisotopic (exact) mass is 1520 g/mol. The van der Waals surface area contributed by atoms with Crippen LogP contribution >= 0.6 is 0 Å². The Labute approximate surface area is 675 Å². The van der Waals surface area contributed by atoms with Crippen LogP contribution in [0.25, 0.3) is 0 Å². The van der Waals surface area contributed by atoms with Gasteiger partial charge in [0.25, 0.3) is 10.1 Å². The molecular formula is C98H232O5S. The minimum Gasteiger partial charge on any atom is -0.381 e. The molecular weight excluding hydrogens is 1290 g/mol. The van der Waals surface area contributed by atoms with E-state index >= 15 is 0 Å². The molecule has 104 heavy (non-hydrogen) atoms. The molecule has 0 rings (SSSR count). The summed E-state index contributed by atoms with van der Waals surface area (Å²) in [5.74, 6) is 15.1. The van der Waals surface area contributed by atoms with E-state index in [1.54, 1.807) is 6.92 Å². The summed E-state index contributed by atoms with van der Waals surface area (Å²) in [7, 11) is -3.35. The zero-order valence-corrected chi connectivity index (χ0v) is 86.0. The molecule has 0 aliphatic carbocycles. The van der Waals surface area contributed by atoms with Gasteiger partial charge in [-0.1, -0.05) is 469 Å². The van der Waals surface area contributed by atoms with E-state index in [-0.39, 0.29) is 12.4 Å². The van der Waals surface area contributed by atoms with Crippen LogP contribution in [0.3, 0.4) is 0 Å². The fourth-order valence-electron chi connectivity index (χ4n) is 1.39. The predicted molar refractivity (Wildman–Crippen MR) is 503 cm³/mol. The highest BCUT2D eigenvalue weighted by Crippen LogP contribution is 2.04. The van der Waals surface area contributed by atoms with Gasteiger partial charge in [0.2, 0.25) is 0 Å². The molecule has 0 aliphatic rings. The molecule has 660 valence electrons. The molecule has 0 aliphatic heterocycles. The summed E-state index contributed by atoms with van der Waals surface area (Å²) in [6.45, 7) is 121. The quantitative estimate of drug-likeness (QED) is 0.0530. The molecule has 0 bridgehead atoms. The van der Waals surface area contributed by atoms with Crippen LogP contribution in [0, 0.1) is 101 Å². The van der Waals surface area contributed by atoms with E-state index in [0.29, 0.717) is 25.7 Å². The van der Waals surface area contributed by atoms with E-state index in [1.165, 1.54) is 109 Å². The number of rotatable bonds is 30. The molecule has 0 saturated carbocycles. The Morgan fingerprint density at radius 2 is 0.317 bits per heavy atom. The van der Waals surface area contributed by atoms with E-state index in [1.807, 2.05) is 0 Å². The summed E-state index contributed by atoms with van der Waals surface area (Å²) in [6, 6.07) is 0. The maximum Gasteiger partial charge on any atom is 0.267 e. The van der Waals surface area contributed by atoms with Gasteiger partial charge in [0.05, 0.1) is 18.5 Å². The van der Waals surface area contributed by atoms with Crippen LogP contribution in [0.5, 0.6) is 0 Å². The van der Waals surface area contributed by atoms with Crippen LogP contribution < -0.4 is 0 Å². The lowest BCUT2D eigenvalue weighted by Gasteiger charge is -2.10. The molecule has 0 fully saturated rings. The molecule has 1 unspecified atom stereocenters. The van der Waals surface area contributed by atoms with Crippen molar-refractivity contribution in [3.05, 3.63) is 0 Å². The summed E-state index contributed by atoms with van der Waals surface area (Å²) in [5.41, 5.74) is 0. The summed E-state index contributed by atoms with van der Waals surface area (Å²) in [6.07, 6.45) is 25.9. The maximum absolute atomic E-state index is 11.2. The predicted octanol–water partition coefficient (Wildman–Crippen LogP) is 37.2. The van der Waals surface area contributed by atoms with Gasteiger partial charge in [0.15, 0.2) is 0 Å². The second kappa shape index (κ2) is 135. The average molecular weight is 1520 g/mol. The van der Waals surface area contributed by atoms with Gasteiger partial charge in [-0.25, -0.2) is 0 Å². The molecule has 0 aromatic heterocycles. The van der Waals surface area contributed by atoms with Gasteiger partial charge in [-0.3, -0.25) is 4.18 Å². The highest BCUT2D eigenvalue weighted by molar-refractivity contribution is 7.86. The van der Waals surface area contributed by atoms with Crippen LogP contribution in [-0.2, 0) is 23.8 Å². The molecule has 0 aromatic rings. The zero-order chi connectivity index (χ0) is 87.4. The first-order valence-corrected chi connectivity index (χ1v) is 47.2. The van der Waals surface area contributed by atoms with Crippen LogP contribution in [-0.4, -0.2) is 46.7 Å². The number of hydrogen-bond acceptors (Lipinski definition) is 5. The van der Waals surface area contributed by atoms with E-state index in [9.17, 15) is 8.42 Å². The maximum atomic E-state index is 11.2. The third kappa shape index (κ3) is 371. The first-order valence-electron chi connectivity index (χ1n) is 45.7. The molecule has 0 N–H and O–H groups in total. The highest BCUT2D eigenvalue weighted by atomic mass is 32.2. The lowest BCUT2D eigenvalue weighted by atomic mass is 10.2. The van der Waals surface area contributed by atoms with Crippen LogP contribution in [0.1, 0.15) is 509 Å². The smallest absolute Gasteiger partial charge is 0.267 e. The molecule has 0 radical (unpaired) electrons. The van der Waals surface area contributed by atoms with Crippen molar-refractivity contribution in [1.29, 1.82) is 0 Å². The van der Waals surface area contributed by atoms with Crippen molar-refractivity contribution in [1.82, 2.24) is 0 Å². The Morgan fingerprint density at radius 3 is 0.433 bits per heavy atom. The first kappa shape index (κ1) is 149. The minimum atomic E-state index is -3.35. The van der Waals surface area contributed by atoms with Crippen molar-refractivity contribution in [2.24, 2.45) is 101 Å². The van der Waals surface area contributed by atoms with Gasteiger partial charge < -0.3 is 9.47 Å². The number of ether oxygens (including phenoxy) is 2. The lowest BCUT2D eigenvalue weighted by molar-refractivity contribution is 0.0539. The van der Waals surface area contributed by atoms with Crippen LogP contribution in [0.4, 0.5) is 0 Å². The molecule has 5 nitrogen and oxygen atoms in total. The average Bonchev–Trinajstić information content (AvgIpc) is 3.59. The molecule has 0 spiro atoms. The third-order valence-electron chi connectivity index (χ3n) is 16.5. The SMILES string of the molecule is CCC(C)C.CCC(C)C.CCC(C)C.CCC(C)C.CCC(C)C.CCC(C)C.CCC(C)C.CCC(C)C.CCC(C)C.CCC(C)C.CCC(C)C.CCC(C)C.CCC(C)C.CCC(C)C.CCC(C)C.CCC(C)C.CCC(C)C.CCOS(=O)(=O)CCCOCCCCOC(C)CC. The summed E-state index contributed by atoms with van der Waals surface area (Å²) in [5, 5.41) is 0. The largest absolute Gasteiger partial charge is 0.381 e. The molecule has 1 atom stereocenters. The topological polar surface area (TPSA) is 61.8 Å². The summed E-state index contributed by atoms with van der Waals surface area (Å²) >= 11 is 0. The Hall–Kier alpha value is -0.170. The molecule has 6 heteroatoms. The summed E-state index contributed by atoms with van der Waals surface area (Å²) in [4.78, 5) is 0. The molecule has 0 saturated heterocycles. The molecule has 0 amide bonds. The van der Waals surface area contributed by atoms with Crippen molar-refractivity contribution in [3.8, 4) is 0 Å². The standard InChI is InChI=1S/C13H28O5S.17C5H12/c1-4-13(3)17-11-7-6-9-16-10-8-12-19(14,15)18-5-2;17*1-4-5(2)3/h13H,4-12H2,1-3H3;17*5H,4H2,1-3H3. The van der Waals surface area contributed by atoms with Crippen LogP contribution in [0.2, 0.25) is 0 Å². The first-order chi connectivity index (χ1) is 47.6. The second-order valence-electron chi connectivity index (χ2n) is 35.1. The Morgan fingerprint density at radius 1 is 0.192 bits per heavy atom. The highest BCUT2D eigenvalue weighted by Gasteiger charge is 2.09. The Kier molecular flexibility index (Phi) is 194.